The molecule has 0 atom stereocenters. The molecule has 158 valence electrons. The number of hydrogen-bond acceptors (Lipinski definition) is 4. The molecule has 0 aliphatic carbocycles. The van der Waals surface area contributed by atoms with Crippen molar-refractivity contribution in [3.8, 4) is 0 Å². The van der Waals surface area contributed by atoms with Gasteiger partial charge in [0.1, 0.15) is 11.4 Å². The molecule has 2 aromatic carbocycles. The van der Waals surface area contributed by atoms with Crippen LogP contribution in [0.5, 0.6) is 0 Å². The van der Waals surface area contributed by atoms with Crippen LogP contribution in [-0.4, -0.2) is 31.1 Å². The van der Waals surface area contributed by atoms with Gasteiger partial charge in [-0.25, -0.2) is 8.42 Å². The van der Waals surface area contributed by atoms with E-state index in [4.69, 9.17) is 0 Å². The number of benzene rings is 2. The number of anilines is 2. The number of sulfonamides is 1. The smallest absolute Gasteiger partial charge is 0.268 e. The molecule has 0 spiro atoms. The summed E-state index contributed by atoms with van der Waals surface area (Å²) in [4.78, 5) is 12.9. The Morgan fingerprint density at radius 3 is 2.40 bits per heavy atom. The first kappa shape index (κ1) is 21.6. The van der Waals surface area contributed by atoms with Gasteiger partial charge < -0.3 is 5.32 Å². The van der Waals surface area contributed by atoms with Crippen LogP contribution in [0.2, 0.25) is 0 Å². The molecule has 3 aromatic rings. The van der Waals surface area contributed by atoms with Crippen molar-refractivity contribution in [1.82, 2.24) is 10.2 Å². The van der Waals surface area contributed by atoms with Crippen molar-refractivity contribution in [3.05, 3.63) is 71.0 Å². The fraction of sp³-hybridized carbons (Fsp3) is 0.273. The average Bonchev–Trinajstić information content (AvgIpc) is 3.06. The van der Waals surface area contributed by atoms with Crippen LogP contribution in [0.25, 0.3) is 0 Å². The number of nitrogens with zero attached hydrogens (tertiary/aromatic N) is 2. The Balaban J connectivity index is 1.96. The van der Waals surface area contributed by atoms with Gasteiger partial charge in [0.25, 0.3) is 10.0 Å². The second-order valence-corrected chi connectivity index (χ2v) is 9.01. The highest BCUT2D eigenvalue weighted by molar-refractivity contribution is 7.93. The zero-order valence-corrected chi connectivity index (χ0v) is 18.4. The van der Waals surface area contributed by atoms with Gasteiger partial charge in [0.05, 0.1) is 17.1 Å². The average molecular weight is 427 g/mol. The van der Waals surface area contributed by atoms with Crippen molar-refractivity contribution < 1.29 is 13.2 Å². The van der Waals surface area contributed by atoms with E-state index in [-0.39, 0.29) is 11.4 Å². The second kappa shape index (κ2) is 8.71. The highest BCUT2D eigenvalue weighted by atomic mass is 32.2. The van der Waals surface area contributed by atoms with Gasteiger partial charge in [0.2, 0.25) is 5.91 Å². The quantitative estimate of drug-likeness (QED) is 0.602. The Bertz CT molecular complexity index is 1130. The molecule has 7 nitrogen and oxygen atoms in total. The molecule has 0 fully saturated rings. The van der Waals surface area contributed by atoms with Gasteiger partial charge in [-0.15, -0.1) is 0 Å². The lowest BCUT2D eigenvalue weighted by atomic mass is 10.1. The monoisotopic (exact) mass is 426 g/mol. The first-order valence-corrected chi connectivity index (χ1v) is 11.2. The summed E-state index contributed by atoms with van der Waals surface area (Å²) in [5.74, 6) is -0.425. The predicted octanol–water partition coefficient (Wildman–Crippen LogP) is 3.73. The lowest BCUT2D eigenvalue weighted by Crippen LogP contribution is -2.38. The lowest BCUT2D eigenvalue weighted by molar-refractivity contribution is -0.114. The first-order chi connectivity index (χ1) is 14.2. The second-order valence-electron chi connectivity index (χ2n) is 7.21. The molecule has 2 N–H and O–H groups in total. The standard InChI is InChI=1S/C22H26N4O3S/c1-5-18-7-6-8-19(13-18)23-21(27)14-26(20-11-9-15(2)10-12-20)30(28,29)22-16(3)24-25-17(22)4/h6-13H,5,14H2,1-4H3,(H,23,27)(H,24,25). The van der Waals surface area contributed by atoms with Gasteiger partial charge in [-0.3, -0.25) is 14.2 Å². The van der Waals surface area contributed by atoms with Gasteiger partial charge >= 0.3 is 0 Å². The Morgan fingerprint density at radius 2 is 1.80 bits per heavy atom. The molecule has 0 bridgehead atoms. The molecule has 1 heterocycles. The highest BCUT2D eigenvalue weighted by Gasteiger charge is 2.31. The van der Waals surface area contributed by atoms with Crippen LogP contribution in [0, 0.1) is 20.8 Å². The number of aromatic nitrogens is 2. The Labute approximate surface area is 177 Å². The molecule has 1 aromatic heterocycles. The maximum absolute atomic E-state index is 13.5. The minimum absolute atomic E-state index is 0.0869. The van der Waals surface area contributed by atoms with Gasteiger partial charge in [-0.05, 0) is 57.0 Å². The van der Waals surface area contributed by atoms with E-state index in [9.17, 15) is 13.2 Å². The van der Waals surface area contributed by atoms with Gasteiger partial charge in [-0.2, -0.15) is 5.10 Å². The van der Waals surface area contributed by atoms with E-state index in [0.717, 1.165) is 21.9 Å². The first-order valence-electron chi connectivity index (χ1n) is 9.72. The van der Waals surface area contributed by atoms with E-state index in [1.807, 2.05) is 44.2 Å². The van der Waals surface area contributed by atoms with Crippen molar-refractivity contribution in [3.63, 3.8) is 0 Å². The van der Waals surface area contributed by atoms with Gasteiger partial charge in [0.15, 0.2) is 0 Å². The molecule has 0 radical (unpaired) electrons. The number of carbonyl (C=O) groups is 1. The maximum atomic E-state index is 13.5. The van der Waals surface area contributed by atoms with Crippen LogP contribution in [0.1, 0.15) is 29.4 Å². The molecular formula is C22H26N4O3S. The normalized spacial score (nSPS) is 11.3. The summed E-state index contributed by atoms with van der Waals surface area (Å²) in [6.45, 7) is 6.87. The summed E-state index contributed by atoms with van der Waals surface area (Å²) in [5.41, 5.74) is 3.92. The third-order valence-corrected chi connectivity index (χ3v) is 6.87. The Hall–Kier alpha value is -3.13. The molecular weight excluding hydrogens is 400 g/mol. The van der Waals surface area contributed by atoms with Crippen LogP contribution in [-0.2, 0) is 21.2 Å². The molecule has 1 amide bonds. The third-order valence-electron chi connectivity index (χ3n) is 4.84. The molecule has 8 heteroatoms. The summed E-state index contributed by atoms with van der Waals surface area (Å²) in [7, 11) is -4.01. The zero-order valence-electron chi connectivity index (χ0n) is 17.6. The Kier molecular flexibility index (Phi) is 6.26. The summed E-state index contributed by atoms with van der Waals surface area (Å²) >= 11 is 0. The van der Waals surface area contributed by atoms with Gasteiger partial charge in [0, 0.05) is 5.69 Å². The molecule has 0 aliphatic rings. The summed E-state index contributed by atoms with van der Waals surface area (Å²) < 4.78 is 28.1. The van der Waals surface area contributed by atoms with Crippen molar-refractivity contribution in [2.75, 3.05) is 16.2 Å². The molecule has 30 heavy (non-hydrogen) atoms. The van der Waals surface area contributed by atoms with E-state index in [2.05, 4.69) is 15.5 Å². The van der Waals surface area contributed by atoms with Crippen LogP contribution in [0.15, 0.2) is 53.4 Å². The number of rotatable bonds is 7. The van der Waals surface area contributed by atoms with Crippen LogP contribution in [0.4, 0.5) is 11.4 Å². The van der Waals surface area contributed by atoms with E-state index in [0.29, 0.717) is 22.8 Å². The number of nitrogens with one attached hydrogen (secondary N) is 2. The minimum atomic E-state index is -4.01. The summed E-state index contributed by atoms with van der Waals surface area (Å²) in [6, 6.07) is 14.5. The summed E-state index contributed by atoms with van der Waals surface area (Å²) in [5, 5.41) is 9.52. The molecule has 0 saturated carbocycles. The van der Waals surface area contributed by atoms with E-state index in [1.54, 1.807) is 32.0 Å². The van der Waals surface area contributed by atoms with Crippen molar-refractivity contribution in [2.24, 2.45) is 0 Å². The number of aromatic amines is 1. The van der Waals surface area contributed by atoms with E-state index >= 15 is 0 Å². The van der Waals surface area contributed by atoms with Crippen molar-refractivity contribution in [2.45, 2.75) is 39.0 Å². The number of H-pyrrole nitrogens is 1. The topological polar surface area (TPSA) is 95.2 Å². The SMILES string of the molecule is CCc1cccc(NC(=O)CN(c2ccc(C)cc2)S(=O)(=O)c2c(C)n[nH]c2C)c1. The number of hydrogen-bond donors (Lipinski definition) is 2. The zero-order chi connectivity index (χ0) is 21.9. The number of carbonyl (C=O) groups excluding carboxylic acids is 1. The van der Waals surface area contributed by atoms with Crippen molar-refractivity contribution in [1.29, 1.82) is 0 Å². The molecule has 3 rings (SSSR count). The van der Waals surface area contributed by atoms with Crippen LogP contribution >= 0.6 is 0 Å². The van der Waals surface area contributed by atoms with Crippen molar-refractivity contribution >= 4 is 27.3 Å². The third kappa shape index (κ3) is 4.54. The largest absolute Gasteiger partial charge is 0.325 e. The molecule has 0 aliphatic heterocycles. The fourth-order valence-electron chi connectivity index (χ4n) is 3.26. The van der Waals surface area contributed by atoms with E-state index < -0.39 is 15.9 Å². The highest BCUT2D eigenvalue weighted by Crippen LogP contribution is 2.27. The number of aryl methyl sites for hydroxylation is 4. The fourth-order valence-corrected chi connectivity index (χ4v) is 5.02. The van der Waals surface area contributed by atoms with E-state index in [1.165, 1.54) is 0 Å². The summed E-state index contributed by atoms with van der Waals surface area (Å²) in [6.07, 6.45) is 0.840. The van der Waals surface area contributed by atoms with Gasteiger partial charge in [-0.1, -0.05) is 36.8 Å². The number of amides is 1. The van der Waals surface area contributed by atoms with Crippen LogP contribution in [0.3, 0.4) is 0 Å². The minimum Gasteiger partial charge on any atom is -0.325 e. The molecule has 0 unspecified atom stereocenters. The predicted molar refractivity (Wildman–Crippen MR) is 118 cm³/mol. The Morgan fingerprint density at radius 1 is 1.10 bits per heavy atom. The maximum Gasteiger partial charge on any atom is 0.268 e. The molecule has 0 saturated heterocycles. The van der Waals surface area contributed by atoms with Crippen LogP contribution < -0.4 is 9.62 Å². The lowest BCUT2D eigenvalue weighted by Gasteiger charge is -2.24.